The standard InChI is InChI=1S/C21H20FN5O/c1-21(2,15-4-6-16(22)7-5-15)12-25-19-23-10-14(11-24-19)13-3-8-17-18(9-13)27-20(28)26-17/h3-11H,12H2,1-2H3,(H,23,24,25)(H2,26,27,28). The summed E-state index contributed by atoms with van der Waals surface area (Å²) in [6, 6.07) is 12.2. The fourth-order valence-corrected chi connectivity index (χ4v) is 3.08. The van der Waals surface area contributed by atoms with Gasteiger partial charge in [-0.25, -0.2) is 19.2 Å². The van der Waals surface area contributed by atoms with E-state index in [9.17, 15) is 9.18 Å². The number of nitrogens with one attached hydrogen (secondary N) is 3. The van der Waals surface area contributed by atoms with E-state index in [4.69, 9.17) is 0 Å². The Labute approximate surface area is 160 Å². The Morgan fingerprint density at radius 3 is 2.36 bits per heavy atom. The summed E-state index contributed by atoms with van der Waals surface area (Å²) in [4.78, 5) is 25.6. The van der Waals surface area contributed by atoms with E-state index in [1.54, 1.807) is 24.5 Å². The molecule has 7 heteroatoms. The average molecular weight is 377 g/mol. The first-order valence-electron chi connectivity index (χ1n) is 8.95. The van der Waals surface area contributed by atoms with Gasteiger partial charge in [0.05, 0.1) is 11.0 Å². The summed E-state index contributed by atoms with van der Waals surface area (Å²) < 4.78 is 13.1. The van der Waals surface area contributed by atoms with Crippen molar-refractivity contribution in [2.24, 2.45) is 0 Å². The number of fused-ring (bicyclic) bond motifs is 1. The van der Waals surface area contributed by atoms with Crippen LogP contribution in [0.15, 0.2) is 59.7 Å². The summed E-state index contributed by atoms with van der Waals surface area (Å²) in [5.41, 5.74) is 3.87. The molecule has 6 nitrogen and oxygen atoms in total. The van der Waals surface area contributed by atoms with Crippen LogP contribution in [0.3, 0.4) is 0 Å². The van der Waals surface area contributed by atoms with Gasteiger partial charge in [-0.3, -0.25) is 0 Å². The van der Waals surface area contributed by atoms with Gasteiger partial charge in [0.2, 0.25) is 5.95 Å². The Morgan fingerprint density at radius 2 is 1.64 bits per heavy atom. The topological polar surface area (TPSA) is 86.5 Å². The Morgan fingerprint density at radius 1 is 0.964 bits per heavy atom. The van der Waals surface area contributed by atoms with Crippen molar-refractivity contribution in [3.05, 3.63) is 76.7 Å². The molecule has 0 aliphatic heterocycles. The van der Waals surface area contributed by atoms with Crippen molar-refractivity contribution < 1.29 is 4.39 Å². The van der Waals surface area contributed by atoms with Gasteiger partial charge in [-0.1, -0.05) is 32.0 Å². The van der Waals surface area contributed by atoms with E-state index in [-0.39, 0.29) is 16.9 Å². The van der Waals surface area contributed by atoms with Crippen molar-refractivity contribution in [2.45, 2.75) is 19.3 Å². The molecule has 2 heterocycles. The number of H-pyrrole nitrogens is 2. The van der Waals surface area contributed by atoms with E-state index >= 15 is 0 Å². The Kier molecular flexibility index (Phi) is 4.43. The molecule has 28 heavy (non-hydrogen) atoms. The molecule has 0 aliphatic rings. The molecule has 3 N–H and O–H groups in total. The molecular weight excluding hydrogens is 357 g/mol. The first-order valence-corrected chi connectivity index (χ1v) is 8.95. The van der Waals surface area contributed by atoms with Crippen LogP contribution >= 0.6 is 0 Å². The van der Waals surface area contributed by atoms with Gasteiger partial charge in [0.15, 0.2) is 0 Å². The number of anilines is 1. The van der Waals surface area contributed by atoms with Gasteiger partial charge >= 0.3 is 5.69 Å². The van der Waals surface area contributed by atoms with Crippen LogP contribution in [0.1, 0.15) is 19.4 Å². The van der Waals surface area contributed by atoms with Crippen LogP contribution in [-0.2, 0) is 5.41 Å². The number of hydrogen-bond donors (Lipinski definition) is 3. The van der Waals surface area contributed by atoms with E-state index in [1.807, 2.05) is 18.2 Å². The molecule has 0 bridgehead atoms. The predicted octanol–water partition coefficient (Wildman–Crippen LogP) is 3.84. The maximum Gasteiger partial charge on any atom is 0.323 e. The molecule has 0 fully saturated rings. The lowest BCUT2D eigenvalue weighted by Crippen LogP contribution is -2.28. The summed E-state index contributed by atoms with van der Waals surface area (Å²) >= 11 is 0. The van der Waals surface area contributed by atoms with Crippen LogP contribution in [0.5, 0.6) is 0 Å². The van der Waals surface area contributed by atoms with Crippen molar-refractivity contribution in [3.8, 4) is 11.1 Å². The minimum atomic E-state index is -0.242. The summed E-state index contributed by atoms with van der Waals surface area (Å²) in [6.45, 7) is 4.76. The minimum absolute atomic E-state index is 0.207. The Bertz CT molecular complexity index is 1160. The number of aromatic nitrogens is 4. The molecule has 0 atom stereocenters. The molecule has 0 saturated heterocycles. The van der Waals surface area contributed by atoms with Crippen molar-refractivity contribution in [1.29, 1.82) is 0 Å². The molecule has 0 saturated carbocycles. The maximum atomic E-state index is 13.1. The molecule has 2 aromatic heterocycles. The zero-order chi connectivity index (χ0) is 19.7. The van der Waals surface area contributed by atoms with Crippen LogP contribution < -0.4 is 11.0 Å². The molecule has 4 aromatic rings. The second-order valence-corrected chi connectivity index (χ2v) is 7.38. The van der Waals surface area contributed by atoms with E-state index in [0.717, 1.165) is 27.7 Å². The number of nitrogens with zero attached hydrogens (tertiary/aromatic N) is 2. The molecule has 2 aromatic carbocycles. The molecule has 4 rings (SSSR count). The lowest BCUT2D eigenvalue weighted by Gasteiger charge is -2.25. The second-order valence-electron chi connectivity index (χ2n) is 7.38. The Balaban J connectivity index is 1.48. The van der Waals surface area contributed by atoms with Crippen LogP contribution in [-0.4, -0.2) is 26.5 Å². The maximum absolute atomic E-state index is 13.1. The van der Waals surface area contributed by atoms with Crippen molar-refractivity contribution in [1.82, 2.24) is 19.9 Å². The third-order valence-corrected chi connectivity index (χ3v) is 4.82. The van der Waals surface area contributed by atoms with Gasteiger partial charge in [-0.05, 0) is 35.4 Å². The zero-order valence-electron chi connectivity index (χ0n) is 15.6. The van der Waals surface area contributed by atoms with Crippen LogP contribution in [0, 0.1) is 5.82 Å². The molecule has 0 unspecified atom stereocenters. The molecule has 0 radical (unpaired) electrons. The number of aromatic amines is 2. The fourth-order valence-electron chi connectivity index (χ4n) is 3.08. The van der Waals surface area contributed by atoms with Gasteiger partial charge < -0.3 is 15.3 Å². The highest BCUT2D eigenvalue weighted by Gasteiger charge is 2.20. The number of imidazole rings is 1. The smallest absolute Gasteiger partial charge is 0.323 e. The van der Waals surface area contributed by atoms with Gasteiger partial charge in [0, 0.05) is 29.9 Å². The molecular formula is C21H20FN5O. The molecule has 142 valence electrons. The van der Waals surface area contributed by atoms with Crippen molar-refractivity contribution in [2.75, 3.05) is 11.9 Å². The van der Waals surface area contributed by atoms with Crippen LogP contribution in [0.4, 0.5) is 10.3 Å². The fraction of sp³-hybridized carbons (Fsp3) is 0.190. The van der Waals surface area contributed by atoms with Gasteiger partial charge in [0.25, 0.3) is 0 Å². The number of halogens is 1. The second kappa shape index (κ2) is 6.92. The normalized spacial score (nSPS) is 11.7. The highest BCUT2D eigenvalue weighted by atomic mass is 19.1. The SMILES string of the molecule is CC(C)(CNc1ncc(-c2ccc3[nH]c(=O)[nH]c3c2)cn1)c1ccc(F)cc1. The quantitative estimate of drug-likeness (QED) is 0.493. The monoisotopic (exact) mass is 377 g/mol. The number of benzene rings is 2. The zero-order valence-corrected chi connectivity index (χ0v) is 15.6. The minimum Gasteiger partial charge on any atom is -0.353 e. The average Bonchev–Trinajstić information content (AvgIpc) is 3.06. The first-order chi connectivity index (χ1) is 13.4. The largest absolute Gasteiger partial charge is 0.353 e. The van der Waals surface area contributed by atoms with E-state index in [0.29, 0.717) is 12.5 Å². The van der Waals surface area contributed by atoms with Crippen LogP contribution in [0.25, 0.3) is 22.2 Å². The van der Waals surface area contributed by atoms with Crippen LogP contribution in [0.2, 0.25) is 0 Å². The summed E-state index contributed by atoms with van der Waals surface area (Å²) in [5.74, 6) is 0.281. The van der Waals surface area contributed by atoms with Gasteiger partial charge in [0.1, 0.15) is 5.82 Å². The third-order valence-electron chi connectivity index (χ3n) is 4.82. The number of rotatable bonds is 5. The van der Waals surface area contributed by atoms with E-state index in [1.165, 1.54) is 12.1 Å². The van der Waals surface area contributed by atoms with Crippen molar-refractivity contribution in [3.63, 3.8) is 0 Å². The number of hydrogen-bond acceptors (Lipinski definition) is 4. The molecule has 0 spiro atoms. The van der Waals surface area contributed by atoms with E-state index < -0.39 is 0 Å². The molecule has 0 amide bonds. The van der Waals surface area contributed by atoms with E-state index in [2.05, 4.69) is 39.1 Å². The van der Waals surface area contributed by atoms with Gasteiger partial charge in [-0.15, -0.1) is 0 Å². The summed E-state index contributed by atoms with van der Waals surface area (Å²) in [5, 5.41) is 3.24. The third kappa shape index (κ3) is 3.64. The lowest BCUT2D eigenvalue weighted by molar-refractivity contribution is 0.551. The highest BCUT2D eigenvalue weighted by Crippen LogP contribution is 2.24. The first kappa shape index (κ1) is 17.9. The van der Waals surface area contributed by atoms with Crippen molar-refractivity contribution >= 4 is 17.0 Å². The highest BCUT2D eigenvalue weighted by molar-refractivity contribution is 5.81. The Hall–Kier alpha value is -3.48. The predicted molar refractivity (Wildman–Crippen MR) is 108 cm³/mol. The summed E-state index contributed by atoms with van der Waals surface area (Å²) in [6.07, 6.45) is 3.48. The summed E-state index contributed by atoms with van der Waals surface area (Å²) in [7, 11) is 0. The molecule has 0 aliphatic carbocycles. The lowest BCUT2D eigenvalue weighted by atomic mass is 9.84. The van der Waals surface area contributed by atoms with Gasteiger partial charge in [-0.2, -0.15) is 0 Å².